The average molecular weight is 358 g/mol. The van der Waals surface area contributed by atoms with Crippen LogP contribution in [-0.4, -0.2) is 38.5 Å². The minimum atomic E-state index is -3.44. The van der Waals surface area contributed by atoms with Crippen molar-refractivity contribution in [2.75, 3.05) is 18.0 Å². The molecule has 1 amide bonds. The van der Waals surface area contributed by atoms with Crippen molar-refractivity contribution in [3.05, 3.63) is 65.7 Å². The summed E-state index contributed by atoms with van der Waals surface area (Å²) in [5.74, 6) is -0.324. The maximum Gasteiger partial charge on any atom is 0.264 e. The fourth-order valence-electron chi connectivity index (χ4n) is 2.94. The molecule has 1 aliphatic rings. The number of likely N-dealkylation sites (N-methyl/N-ethyl adjacent to an activating group) is 1. The van der Waals surface area contributed by atoms with Gasteiger partial charge in [0.15, 0.2) is 11.5 Å². The standard InChI is InChI=1S/C17H18N4O3S/c1-21-15(22)17(19-16(21)18,12-7-4-3-5-8-12)13-9-6-10-14(11-13)20-25(2,23)24/h3-11,20H,1-2H3,(H2,18,19). The number of hydrogen-bond donors (Lipinski definition) is 3. The molecule has 7 nitrogen and oxygen atoms in total. The van der Waals surface area contributed by atoms with Crippen LogP contribution in [0.2, 0.25) is 0 Å². The normalized spacial score (nSPS) is 20.5. The van der Waals surface area contributed by atoms with Crippen molar-refractivity contribution in [3.63, 3.8) is 0 Å². The molecule has 3 N–H and O–H groups in total. The minimum absolute atomic E-state index is 0.0182. The molecule has 0 spiro atoms. The monoisotopic (exact) mass is 358 g/mol. The summed E-state index contributed by atoms with van der Waals surface area (Å²) >= 11 is 0. The molecule has 0 saturated carbocycles. The van der Waals surface area contributed by atoms with E-state index >= 15 is 0 Å². The zero-order chi connectivity index (χ0) is 18.2. The third-order valence-corrected chi connectivity index (χ3v) is 4.68. The van der Waals surface area contributed by atoms with Crippen molar-refractivity contribution in [3.8, 4) is 0 Å². The number of nitrogens with zero attached hydrogens (tertiary/aromatic N) is 1. The van der Waals surface area contributed by atoms with Crippen LogP contribution >= 0.6 is 0 Å². The van der Waals surface area contributed by atoms with Crippen molar-refractivity contribution in [1.29, 1.82) is 5.41 Å². The summed E-state index contributed by atoms with van der Waals surface area (Å²) in [6.07, 6.45) is 1.06. The van der Waals surface area contributed by atoms with Crippen molar-refractivity contribution in [1.82, 2.24) is 10.2 Å². The van der Waals surface area contributed by atoms with E-state index in [1.165, 1.54) is 11.9 Å². The third kappa shape index (κ3) is 2.96. The van der Waals surface area contributed by atoms with E-state index < -0.39 is 15.6 Å². The van der Waals surface area contributed by atoms with Crippen molar-refractivity contribution >= 4 is 27.6 Å². The molecule has 2 aromatic carbocycles. The Bertz CT molecular complexity index is 943. The largest absolute Gasteiger partial charge is 0.334 e. The second-order valence-corrected chi connectivity index (χ2v) is 7.66. The second kappa shape index (κ2) is 5.89. The first kappa shape index (κ1) is 17.0. The topological polar surface area (TPSA) is 102 Å². The van der Waals surface area contributed by atoms with E-state index in [9.17, 15) is 13.2 Å². The summed E-state index contributed by atoms with van der Waals surface area (Å²) < 4.78 is 25.4. The zero-order valence-corrected chi connectivity index (χ0v) is 14.6. The molecule has 1 heterocycles. The van der Waals surface area contributed by atoms with Gasteiger partial charge in [0.1, 0.15) is 0 Å². The van der Waals surface area contributed by atoms with E-state index in [0.717, 1.165) is 6.26 Å². The van der Waals surface area contributed by atoms with Crippen LogP contribution in [0.5, 0.6) is 0 Å². The summed E-state index contributed by atoms with van der Waals surface area (Å²) in [6, 6.07) is 15.7. The Hall–Kier alpha value is -2.87. The summed E-state index contributed by atoms with van der Waals surface area (Å²) in [5, 5.41) is 11.0. The number of hydrogen-bond acceptors (Lipinski definition) is 4. The summed E-state index contributed by atoms with van der Waals surface area (Å²) in [4.78, 5) is 14.3. The van der Waals surface area contributed by atoms with Gasteiger partial charge in [0, 0.05) is 12.7 Å². The van der Waals surface area contributed by atoms with Crippen LogP contribution in [0.25, 0.3) is 0 Å². The maximum absolute atomic E-state index is 13.0. The van der Waals surface area contributed by atoms with Gasteiger partial charge < -0.3 is 5.32 Å². The number of benzene rings is 2. The van der Waals surface area contributed by atoms with Gasteiger partial charge in [-0.15, -0.1) is 0 Å². The summed E-state index contributed by atoms with van der Waals surface area (Å²) in [5.41, 5.74) is 0.297. The molecule has 8 heteroatoms. The van der Waals surface area contributed by atoms with Gasteiger partial charge in [-0.3, -0.25) is 19.8 Å². The first-order valence-corrected chi connectivity index (χ1v) is 9.42. The van der Waals surface area contributed by atoms with Crippen LogP contribution in [0.1, 0.15) is 11.1 Å². The molecule has 1 fully saturated rings. The number of nitrogens with one attached hydrogen (secondary N) is 3. The lowest BCUT2D eigenvalue weighted by Gasteiger charge is -2.28. The summed E-state index contributed by atoms with van der Waals surface area (Å²) in [6.45, 7) is 0. The number of rotatable bonds is 4. The van der Waals surface area contributed by atoms with Crippen molar-refractivity contribution < 1.29 is 13.2 Å². The Labute approximate surface area is 146 Å². The van der Waals surface area contributed by atoms with Gasteiger partial charge in [-0.05, 0) is 23.3 Å². The van der Waals surface area contributed by atoms with Gasteiger partial charge in [-0.1, -0.05) is 42.5 Å². The lowest BCUT2D eigenvalue weighted by atomic mass is 9.82. The quantitative estimate of drug-likeness (QED) is 0.766. The smallest absolute Gasteiger partial charge is 0.264 e. The molecular weight excluding hydrogens is 340 g/mol. The minimum Gasteiger partial charge on any atom is -0.334 e. The van der Waals surface area contributed by atoms with E-state index in [-0.39, 0.29) is 11.9 Å². The molecule has 1 aliphatic heterocycles. The Balaban J connectivity index is 2.19. The lowest BCUT2D eigenvalue weighted by Crippen LogP contribution is -2.45. The first-order valence-electron chi connectivity index (χ1n) is 7.53. The highest BCUT2D eigenvalue weighted by Gasteiger charge is 2.51. The number of sulfonamides is 1. The number of amides is 1. The van der Waals surface area contributed by atoms with Crippen LogP contribution in [0, 0.1) is 5.41 Å². The van der Waals surface area contributed by atoms with Gasteiger partial charge in [-0.25, -0.2) is 8.42 Å². The van der Waals surface area contributed by atoms with Crippen molar-refractivity contribution in [2.24, 2.45) is 0 Å². The zero-order valence-electron chi connectivity index (χ0n) is 13.8. The predicted octanol–water partition coefficient (Wildman–Crippen LogP) is 1.30. The van der Waals surface area contributed by atoms with E-state index in [1.54, 1.807) is 36.4 Å². The van der Waals surface area contributed by atoms with E-state index in [2.05, 4.69) is 10.0 Å². The van der Waals surface area contributed by atoms with Gasteiger partial charge >= 0.3 is 0 Å². The average Bonchev–Trinajstić information content (AvgIpc) is 2.79. The molecule has 0 bridgehead atoms. The molecule has 1 saturated heterocycles. The van der Waals surface area contributed by atoms with Crippen LogP contribution in [-0.2, 0) is 20.4 Å². The fraction of sp³-hybridized carbons (Fsp3) is 0.176. The Kier molecular flexibility index (Phi) is 4.00. The van der Waals surface area contributed by atoms with Crippen LogP contribution in [0.4, 0.5) is 5.69 Å². The number of anilines is 1. The summed E-state index contributed by atoms with van der Waals surface area (Å²) in [7, 11) is -1.92. The molecule has 130 valence electrons. The highest BCUT2D eigenvalue weighted by atomic mass is 32.2. The number of carbonyl (C=O) groups excluding carboxylic acids is 1. The van der Waals surface area contributed by atoms with Crippen LogP contribution in [0.3, 0.4) is 0 Å². The highest BCUT2D eigenvalue weighted by Crippen LogP contribution is 2.36. The Morgan fingerprint density at radius 1 is 1.08 bits per heavy atom. The van der Waals surface area contributed by atoms with Gasteiger partial charge in [-0.2, -0.15) is 0 Å². The molecule has 0 radical (unpaired) electrons. The molecule has 3 rings (SSSR count). The van der Waals surface area contributed by atoms with Crippen LogP contribution in [0.15, 0.2) is 54.6 Å². The van der Waals surface area contributed by atoms with E-state index in [1.807, 2.05) is 18.2 Å². The Morgan fingerprint density at radius 3 is 2.28 bits per heavy atom. The molecule has 0 aromatic heterocycles. The molecule has 25 heavy (non-hydrogen) atoms. The van der Waals surface area contributed by atoms with Gasteiger partial charge in [0.2, 0.25) is 10.0 Å². The molecule has 1 atom stereocenters. The SMILES string of the molecule is CN1C(=N)NC(c2ccccc2)(c2cccc(NS(C)(=O)=O)c2)C1=O. The fourth-order valence-corrected chi connectivity index (χ4v) is 3.50. The third-order valence-electron chi connectivity index (χ3n) is 4.07. The van der Waals surface area contributed by atoms with E-state index in [0.29, 0.717) is 16.8 Å². The van der Waals surface area contributed by atoms with Gasteiger partial charge in [0.25, 0.3) is 5.91 Å². The van der Waals surface area contributed by atoms with E-state index in [4.69, 9.17) is 5.41 Å². The molecule has 2 aromatic rings. The Morgan fingerprint density at radius 2 is 1.72 bits per heavy atom. The first-order chi connectivity index (χ1) is 11.7. The predicted molar refractivity (Wildman–Crippen MR) is 95.8 cm³/mol. The molecular formula is C17H18N4O3S. The number of carbonyl (C=O) groups is 1. The van der Waals surface area contributed by atoms with Crippen LogP contribution < -0.4 is 10.0 Å². The molecule has 0 aliphatic carbocycles. The number of guanidine groups is 1. The second-order valence-electron chi connectivity index (χ2n) is 5.91. The highest BCUT2D eigenvalue weighted by molar-refractivity contribution is 7.92. The molecule has 1 unspecified atom stereocenters. The van der Waals surface area contributed by atoms with Gasteiger partial charge in [0.05, 0.1) is 6.26 Å². The maximum atomic E-state index is 13.0. The van der Waals surface area contributed by atoms with Crippen molar-refractivity contribution in [2.45, 2.75) is 5.54 Å². The lowest BCUT2D eigenvalue weighted by molar-refractivity contribution is -0.129.